The van der Waals surface area contributed by atoms with Crippen LogP contribution >= 0.6 is 0 Å². The summed E-state index contributed by atoms with van der Waals surface area (Å²) in [6, 6.07) is 8.63. The zero-order valence-corrected chi connectivity index (χ0v) is 15.3. The molecule has 5 nitrogen and oxygen atoms in total. The second-order valence-corrected chi connectivity index (χ2v) is 8.15. The van der Waals surface area contributed by atoms with Crippen molar-refractivity contribution in [1.82, 2.24) is 0 Å². The minimum atomic E-state index is -4.12. The number of hydrogen-bond acceptors (Lipinski definition) is 3. The maximum Gasteiger partial charge on any atom is 0.247 e. The van der Waals surface area contributed by atoms with E-state index >= 15 is 0 Å². The van der Waals surface area contributed by atoms with E-state index in [9.17, 15) is 26.4 Å². The van der Waals surface area contributed by atoms with Gasteiger partial charge in [-0.1, -0.05) is 18.2 Å². The Morgan fingerprint density at radius 3 is 2.52 bits per heavy atom. The summed E-state index contributed by atoms with van der Waals surface area (Å²) in [6.07, 6.45) is 2.25. The molecule has 0 N–H and O–H groups in total. The number of para-hydroxylation sites is 1. The predicted molar refractivity (Wildman–Crippen MR) is 95.6 cm³/mol. The molecule has 0 unspecified atom stereocenters. The molecule has 0 atom stereocenters. The minimum absolute atomic E-state index is 0.383. The number of aryl methyl sites for hydroxylation is 1. The molecule has 0 saturated heterocycles. The molecular weight excluding hydrogens is 381 g/mol. The van der Waals surface area contributed by atoms with E-state index < -0.39 is 45.6 Å². The third-order valence-corrected chi connectivity index (χ3v) is 5.50. The van der Waals surface area contributed by atoms with Crippen LogP contribution in [0.4, 0.5) is 24.5 Å². The Morgan fingerprint density at radius 1 is 1.11 bits per heavy atom. The fraction of sp³-hybridized carbons (Fsp3) is 0.278. The van der Waals surface area contributed by atoms with E-state index in [0.717, 1.165) is 24.3 Å². The van der Waals surface area contributed by atoms with Crippen LogP contribution in [0.2, 0.25) is 0 Å². The number of anilines is 2. The number of halogens is 3. The van der Waals surface area contributed by atoms with Crippen LogP contribution in [0.15, 0.2) is 36.4 Å². The van der Waals surface area contributed by atoms with Crippen LogP contribution in [0.3, 0.4) is 0 Å². The average Bonchev–Trinajstić information content (AvgIpc) is 2.63. The summed E-state index contributed by atoms with van der Waals surface area (Å²) in [5.41, 5.74) is 0.894. The van der Waals surface area contributed by atoms with E-state index in [-0.39, 0.29) is 0 Å². The fourth-order valence-corrected chi connectivity index (χ4v) is 3.93. The van der Waals surface area contributed by atoms with Crippen molar-refractivity contribution in [2.45, 2.75) is 12.8 Å². The maximum atomic E-state index is 14.1. The number of hydrogen-bond donors (Lipinski definition) is 0. The molecule has 0 saturated carbocycles. The van der Waals surface area contributed by atoms with Gasteiger partial charge in [0.15, 0.2) is 17.5 Å². The van der Waals surface area contributed by atoms with E-state index in [1.54, 1.807) is 12.1 Å². The van der Waals surface area contributed by atoms with Crippen LogP contribution in [0, 0.1) is 17.5 Å². The van der Waals surface area contributed by atoms with E-state index in [0.29, 0.717) is 29.0 Å². The van der Waals surface area contributed by atoms with Crippen LogP contribution in [0.1, 0.15) is 12.0 Å². The fourth-order valence-electron chi connectivity index (χ4n) is 3.09. The van der Waals surface area contributed by atoms with Crippen molar-refractivity contribution < 1.29 is 26.4 Å². The Labute approximate surface area is 155 Å². The first-order valence-corrected chi connectivity index (χ1v) is 10.0. The van der Waals surface area contributed by atoms with Gasteiger partial charge in [0.1, 0.15) is 6.54 Å². The molecule has 0 aromatic heterocycles. The lowest BCUT2D eigenvalue weighted by Crippen LogP contribution is -2.45. The number of carbonyl (C=O) groups is 1. The predicted octanol–water partition coefficient (Wildman–Crippen LogP) is 2.85. The van der Waals surface area contributed by atoms with Crippen LogP contribution in [-0.2, 0) is 21.2 Å². The van der Waals surface area contributed by atoms with Gasteiger partial charge in [0.05, 0.1) is 11.9 Å². The number of rotatable bonds is 4. The summed E-state index contributed by atoms with van der Waals surface area (Å²) >= 11 is 0. The molecule has 1 heterocycles. The summed E-state index contributed by atoms with van der Waals surface area (Å²) in [6.45, 7) is -0.344. The molecular formula is C18H17F3N2O3S. The smallest absolute Gasteiger partial charge is 0.247 e. The van der Waals surface area contributed by atoms with Gasteiger partial charge in [-0.05, 0) is 36.6 Å². The molecule has 9 heteroatoms. The molecule has 27 heavy (non-hydrogen) atoms. The van der Waals surface area contributed by atoms with Gasteiger partial charge in [0, 0.05) is 12.2 Å². The number of fused-ring (bicyclic) bond motifs is 1. The lowest BCUT2D eigenvalue weighted by Gasteiger charge is -2.31. The van der Waals surface area contributed by atoms with E-state index in [1.165, 1.54) is 4.90 Å². The molecule has 0 bridgehead atoms. The Balaban J connectivity index is 1.96. The van der Waals surface area contributed by atoms with Gasteiger partial charge in [-0.2, -0.15) is 0 Å². The molecule has 1 amide bonds. The van der Waals surface area contributed by atoms with Gasteiger partial charge in [-0.25, -0.2) is 21.6 Å². The summed E-state index contributed by atoms with van der Waals surface area (Å²) in [4.78, 5) is 14.2. The molecule has 0 radical (unpaired) electrons. The Morgan fingerprint density at radius 2 is 1.81 bits per heavy atom. The van der Waals surface area contributed by atoms with Crippen LogP contribution in [-0.4, -0.2) is 33.7 Å². The van der Waals surface area contributed by atoms with E-state index in [1.807, 2.05) is 12.1 Å². The molecule has 144 valence electrons. The summed E-state index contributed by atoms with van der Waals surface area (Å²) in [7, 11) is -4.12. The van der Waals surface area contributed by atoms with Gasteiger partial charge in [0.25, 0.3) is 0 Å². The molecule has 0 aliphatic carbocycles. The minimum Gasteiger partial charge on any atom is -0.311 e. The van der Waals surface area contributed by atoms with Gasteiger partial charge >= 0.3 is 0 Å². The van der Waals surface area contributed by atoms with Gasteiger partial charge in [-0.15, -0.1) is 0 Å². The van der Waals surface area contributed by atoms with Crippen LogP contribution in [0.25, 0.3) is 0 Å². The molecule has 0 spiro atoms. The van der Waals surface area contributed by atoms with Gasteiger partial charge < -0.3 is 4.90 Å². The first-order chi connectivity index (χ1) is 12.7. The first kappa shape index (κ1) is 19.2. The van der Waals surface area contributed by atoms with Crippen molar-refractivity contribution >= 4 is 27.3 Å². The first-order valence-electron chi connectivity index (χ1n) is 8.19. The highest BCUT2D eigenvalue weighted by molar-refractivity contribution is 7.92. The highest BCUT2D eigenvalue weighted by atomic mass is 32.2. The third kappa shape index (κ3) is 3.78. The SMILES string of the molecule is CS(=O)(=O)N(CC(=O)N1CCCc2ccccc21)c1ccc(F)c(F)c1F. The molecule has 1 aliphatic heterocycles. The molecule has 3 rings (SSSR count). The van der Waals surface area contributed by atoms with E-state index in [4.69, 9.17) is 0 Å². The average molecular weight is 398 g/mol. The second kappa shape index (κ2) is 7.22. The largest absolute Gasteiger partial charge is 0.311 e. The highest BCUT2D eigenvalue weighted by Crippen LogP contribution is 2.29. The van der Waals surface area contributed by atoms with E-state index in [2.05, 4.69) is 0 Å². The normalized spacial score (nSPS) is 14.0. The summed E-state index contributed by atoms with van der Waals surface area (Å²) < 4.78 is 65.6. The third-order valence-electron chi connectivity index (χ3n) is 4.37. The zero-order chi connectivity index (χ0) is 19.8. The number of carbonyl (C=O) groups excluding carboxylic acids is 1. The number of benzene rings is 2. The number of nitrogens with zero attached hydrogens (tertiary/aromatic N) is 2. The molecule has 1 aliphatic rings. The lowest BCUT2D eigenvalue weighted by atomic mass is 10.0. The Hall–Kier alpha value is -2.55. The van der Waals surface area contributed by atoms with Crippen molar-refractivity contribution in [2.75, 3.05) is 28.6 Å². The van der Waals surface area contributed by atoms with Gasteiger partial charge in [0.2, 0.25) is 15.9 Å². The monoisotopic (exact) mass is 398 g/mol. The zero-order valence-electron chi connectivity index (χ0n) is 14.5. The molecule has 2 aromatic rings. The molecule has 0 fully saturated rings. The molecule has 2 aromatic carbocycles. The van der Waals surface area contributed by atoms with Crippen molar-refractivity contribution in [3.05, 3.63) is 59.4 Å². The van der Waals surface area contributed by atoms with Crippen molar-refractivity contribution in [3.8, 4) is 0 Å². The Bertz CT molecular complexity index is 995. The summed E-state index contributed by atoms with van der Waals surface area (Å²) in [5.74, 6) is -5.48. The standard InChI is InChI=1S/C18H17F3N2O3S/c1-27(25,26)23(15-9-8-13(19)17(20)18(15)21)11-16(24)22-10-4-6-12-5-2-3-7-14(12)22/h2-3,5,7-9H,4,6,10-11H2,1H3. The van der Waals surface area contributed by atoms with Crippen LogP contribution in [0.5, 0.6) is 0 Å². The maximum absolute atomic E-state index is 14.1. The number of sulfonamides is 1. The summed E-state index contributed by atoms with van der Waals surface area (Å²) in [5, 5.41) is 0. The quantitative estimate of drug-likeness (QED) is 0.745. The lowest BCUT2D eigenvalue weighted by molar-refractivity contribution is -0.117. The van der Waals surface area contributed by atoms with Crippen molar-refractivity contribution in [1.29, 1.82) is 0 Å². The van der Waals surface area contributed by atoms with Crippen LogP contribution < -0.4 is 9.21 Å². The van der Waals surface area contributed by atoms with Crippen molar-refractivity contribution in [3.63, 3.8) is 0 Å². The highest BCUT2D eigenvalue weighted by Gasteiger charge is 2.30. The van der Waals surface area contributed by atoms with Crippen molar-refractivity contribution in [2.24, 2.45) is 0 Å². The second-order valence-electron chi connectivity index (χ2n) is 6.24. The topological polar surface area (TPSA) is 57.7 Å². The number of amides is 1. The van der Waals surface area contributed by atoms with Gasteiger partial charge in [-0.3, -0.25) is 9.10 Å². The Kier molecular flexibility index (Phi) is 5.14.